The minimum absolute atomic E-state index is 0.324. The van der Waals surface area contributed by atoms with Crippen LogP contribution in [0.5, 0.6) is 0 Å². The number of hydrogen-bond donors (Lipinski definition) is 2. The van der Waals surface area contributed by atoms with E-state index in [0.29, 0.717) is 24.6 Å². The summed E-state index contributed by atoms with van der Waals surface area (Å²) in [5.41, 5.74) is 8.28. The summed E-state index contributed by atoms with van der Waals surface area (Å²) in [4.78, 5) is 0.324. The zero-order chi connectivity index (χ0) is 15.9. The second kappa shape index (κ2) is 8.48. The summed E-state index contributed by atoms with van der Waals surface area (Å²) in [6.45, 7) is 5.24. The molecule has 3 N–H and O–H groups in total. The van der Waals surface area contributed by atoms with Crippen LogP contribution < -0.4 is 10.5 Å². The van der Waals surface area contributed by atoms with Crippen LogP contribution in [0.15, 0.2) is 17.0 Å². The van der Waals surface area contributed by atoms with Crippen molar-refractivity contribution in [3.63, 3.8) is 0 Å². The van der Waals surface area contributed by atoms with Crippen LogP contribution in [0.3, 0.4) is 0 Å². The first-order chi connectivity index (χ1) is 9.92. The molecule has 1 rings (SSSR count). The Bertz CT molecular complexity index is 556. The second-order valence-electron chi connectivity index (χ2n) is 5.20. The van der Waals surface area contributed by atoms with Gasteiger partial charge in [0.1, 0.15) is 0 Å². The summed E-state index contributed by atoms with van der Waals surface area (Å²) in [6, 6.07) is 3.55. The number of aryl methyl sites for hydroxylation is 2. The van der Waals surface area contributed by atoms with Gasteiger partial charge >= 0.3 is 0 Å². The monoisotopic (exact) mass is 314 g/mol. The molecule has 0 heterocycles. The smallest absolute Gasteiger partial charge is 0.240 e. The van der Waals surface area contributed by atoms with Gasteiger partial charge in [0.05, 0.1) is 4.90 Å². The molecular formula is C15H26N2O3S. The molecular weight excluding hydrogens is 288 g/mol. The van der Waals surface area contributed by atoms with Crippen LogP contribution in [0.1, 0.15) is 36.0 Å². The van der Waals surface area contributed by atoms with Crippen LogP contribution >= 0.6 is 0 Å². The molecule has 0 aliphatic heterocycles. The third-order valence-electron chi connectivity index (χ3n) is 3.46. The summed E-state index contributed by atoms with van der Waals surface area (Å²) >= 11 is 0. The van der Waals surface area contributed by atoms with Crippen LogP contribution in [0.4, 0.5) is 0 Å². The van der Waals surface area contributed by atoms with Gasteiger partial charge in [-0.05, 0) is 55.9 Å². The number of nitrogens with two attached hydrogens (primary N) is 1. The number of hydrogen-bond acceptors (Lipinski definition) is 4. The number of sulfonamides is 1. The summed E-state index contributed by atoms with van der Waals surface area (Å²) in [7, 11) is -1.81. The van der Waals surface area contributed by atoms with Gasteiger partial charge in [0.15, 0.2) is 0 Å². The highest BCUT2D eigenvalue weighted by atomic mass is 32.2. The first-order valence-electron chi connectivity index (χ1n) is 7.21. The van der Waals surface area contributed by atoms with Crippen molar-refractivity contribution in [3.8, 4) is 0 Å². The van der Waals surface area contributed by atoms with E-state index in [-0.39, 0.29) is 0 Å². The third-order valence-corrected chi connectivity index (χ3v) is 5.06. The van der Waals surface area contributed by atoms with Gasteiger partial charge in [-0.2, -0.15) is 0 Å². The van der Waals surface area contributed by atoms with Crippen LogP contribution in [-0.2, 0) is 21.3 Å². The van der Waals surface area contributed by atoms with Crippen LogP contribution in [0, 0.1) is 13.8 Å². The van der Waals surface area contributed by atoms with Crippen LogP contribution in [0.25, 0.3) is 0 Å². The summed E-state index contributed by atoms with van der Waals surface area (Å²) in [6.07, 6.45) is 2.69. The van der Waals surface area contributed by atoms with E-state index in [4.69, 9.17) is 10.5 Å². The molecule has 5 nitrogen and oxygen atoms in total. The van der Waals surface area contributed by atoms with Crippen molar-refractivity contribution in [1.82, 2.24) is 4.72 Å². The molecule has 1 aromatic carbocycles. The molecule has 0 fully saturated rings. The molecule has 0 aromatic heterocycles. The highest BCUT2D eigenvalue weighted by molar-refractivity contribution is 7.89. The van der Waals surface area contributed by atoms with Gasteiger partial charge in [0.25, 0.3) is 0 Å². The van der Waals surface area contributed by atoms with E-state index in [1.807, 2.05) is 13.0 Å². The summed E-state index contributed by atoms with van der Waals surface area (Å²) in [5, 5.41) is 0. The lowest BCUT2D eigenvalue weighted by molar-refractivity contribution is 0.192. The highest BCUT2D eigenvalue weighted by Crippen LogP contribution is 2.20. The average molecular weight is 314 g/mol. The molecule has 0 atom stereocenters. The average Bonchev–Trinajstić information content (AvgIpc) is 2.42. The van der Waals surface area contributed by atoms with Gasteiger partial charge in [-0.1, -0.05) is 6.07 Å². The normalized spacial score (nSPS) is 11.8. The Morgan fingerprint density at radius 3 is 2.48 bits per heavy atom. The van der Waals surface area contributed by atoms with E-state index in [0.717, 1.165) is 36.0 Å². The molecule has 0 saturated heterocycles. The minimum Gasteiger partial charge on any atom is -0.385 e. The van der Waals surface area contributed by atoms with E-state index in [1.165, 1.54) is 0 Å². The second-order valence-corrected chi connectivity index (χ2v) is 6.93. The molecule has 0 amide bonds. The molecule has 1 aromatic rings. The van der Waals surface area contributed by atoms with E-state index in [9.17, 15) is 8.42 Å². The zero-order valence-electron chi connectivity index (χ0n) is 13.1. The predicted molar refractivity (Wildman–Crippen MR) is 84.7 cm³/mol. The summed E-state index contributed by atoms with van der Waals surface area (Å²) < 4.78 is 32.3. The van der Waals surface area contributed by atoms with Gasteiger partial charge in [0, 0.05) is 26.8 Å². The first-order valence-corrected chi connectivity index (χ1v) is 8.69. The van der Waals surface area contributed by atoms with Gasteiger partial charge in [-0.25, -0.2) is 13.1 Å². The molecule has 0 aliphatic rings. The molecule has 0 bridgehead atoms. The predicted octanol–water partition coefficient (Wildman–Crippen LogP) is 1.86. The molecule has 6 heteroatoms. The van der Waals surface area contributed by atoms with Crippen molar-refractivity contribution in [1.29, 1.82) is 0 Å². The highest BCUT2D eigenvalue weighted by Gasteiger charge is 2.17. The van der Waals surface area contributed by atoms with Gasteiger partial charge in [-0.3, -0.25) is 0 Å². The Hall–Kier alpha value is -0.950. The number of methoxy groups -OCH3 is 1. The van der Waals surface area contributed by atoms with Crippen molar-refractivity contribution >= 4 is 10.0 Å². The molecule has 0 spiro atoms. The minimum atomic E-state index is -3.47. The van der Waals surface area contributed by atoms with E-state index in [2.05, 4.69) is 4.72 Å². The topological polar surface area (TPSA) is 81.4 Å². The largest absolute Gasteiger partial charge is 0.385 e. The van der Waals surface area contributed by atoms with E-state index in [1.54, 1.807) is 20.1 Å². The Kier molecular flexibility index (Phi) is 7.31. The zero-order valence-corrected chi connectivity index (χ0v) is 13.9. The van der Waals surface area contributed by atoms with Crippen LogP contribution in [-0.4, -0.2) is 28.7 Å². The molecule has 0 unspecified atom stereocenters. The quantitative estimate of drug-likeness (QED) is 0.682. The third kappa shape index (κ3) is 5.39. The lowest BCUT2D eigenvalue weighted by Crippen LogP contribution is -2.26. The maximum absolute atomic E-state index is 12.3. The first kappa shape index (κ1) is 18.1. The van der Waals surface area contributed by atoms with Gasteiger partial charge in [-0.15, -0.1) is 0 Å². The van der Waals surface area contributed by atoms with Crippen molar-refractivity contribution in [2.45, 2.75) is 44.6 Å². The summed E-state index contributed by atoms with van der Waals surface area (Å²) in [5.74, 6) is 0. The maximum atomic E-state index is 12.3. The molecule has 0 aliphatic carbocycles. The molecule has 120 valence electrons. The molecule has 0 saturated carbocycles. The SMILES string of the molecule is COCCCCCNS(=O)(=O)c1cc(CN)c(C)cc1C. The standard InChI is InChI=1S/C15H26N2O3S/c1-12-9-13(2)15(10-14(12)11-16)21(18,19)17-7-5-4-6-8-20-3/h9-10,17H,4-8,11,16H2,1-3H3. The fourth-order valence-electron chi connectivity index (χ4n) is 2.22. The van der Waals surface area contributed by atoms with Gasteiger partial charge in [0.2, 0.25) is 10.0 Å². The fraction of sp³-hybridized carbons (Fsp3) is 0.600. The number of rotatable bonds is 9. The fourth-order valence-corrected chi connectivity index (χ4v) is 3.57. The Labute approximate surface area is 127 Å². The van der Waals surface area contributed by atoms with E-state index < -0.39 is 10.0 Å². The van der Waals surface area contributed by atoms with Crippen LogP contribution in [0.2, 0.25) is 0 Å². The molecule has 21 heavy (non-hydrogen) atoms. The Balaban J connectivity index is 2.70. The maximum Gasteiger partial charge on any atom is 0.240 e. The Morgan fingerprint density at radius 1 is 1.14 bits per heavy atom. The molecule has 0 radical (unpaired) electrons. The number of nitrogens with one attached hydrogen (secondary N) is 1. The number of ether oxygens (including phenoxy) is 1. The van der Waals surface area contributed by atoms with Gasteiger partial charge < -0.3 is 10.5 Å². The van der Waals surface area contributed by atoms with Crippen molar-refractivity contribution in [2.24, 2.45) is 5.73 Å². The van der Waals surface area contributed by atoms with Crippen molar-refractivity contribution in [3.05, 3.63) is 28.8 Å². The van der Waals surface area contributed by atoms with Crippen molar-refractivity contribution < 1.29 is 13.2 Å². The van der Waals surface area contributed by atoms with Crippen molar-refractivity contribution in [2.75, 3.05) is 20.3 Å². The lowest BCUT2D eigenvalue weighted by Gasteiger charge is -2.12. The Morgan fingerprint density at radius 2 is 1.86 bits per heavy atom. The van der Waals surface area contributed by atoms with E-state index >= 15 is 0 Å². The lowest BCUT2D eigenvalue weighted by atomic mass is 10.1. The number of benzene rings is 1. The number of unbranched alkanes of at least 4 members (excludes halogenated alkanes) is 2.